The summed E-state index contributed by atoms with van der Waals surface area (Å²) < 4.78 is 10.0. The van der Waals surface area contributed by atoms with Crippen LogP contribution in [0.15, 0.2) is 22.7 Å². The van der Waals surface area contributed by atoms with E-state index in [2.05, 4.69) is 15.5 Å². The SMILES string of the molecule is Cc1noc(COCC(=O)NC(C(=O)O)c2ccc(C)c(C)c2)n1. The Kier molecular flexibility index (Phi) is 5.64. The van der Waals surface area contributed by atoms with E-state index in [-0.39, 0.29) is 19.1 Å². The van der Waals surface area contributed by atoms with Gasteiger partial charge in [-0.3, -0.25) is 4.79 Å². The molecule has 8 nitrogen and oxygen atoms in total. The van der Waals surface area contributed by atoms with Gasteiger partial charge in [-0.25, -0.2) is 4.79 Å². The van der Waals surface area contributed by atoms with Gasteiger partial charge < -0.3 is 19.7 Å². The minimum absolute atomic E-state index is 0.0182. The number of carboxylic acids is 1. The zero-order valence-electron chi connectivity index (χ0n) is 13.7. The van der Waals surface area contributed by atoms with Crippen molar-refractivity contribution in [3.63, 3.8) is 0 Å². The van der Waals surface area contributed by atoms with Crippen LogP contribution >= 0.6 is 0 Å². The first kappa shape index (κ1) is 17.6. The molecule has 0 radical (unpaired) electrons. The van der Waals surface area contributed by atoms with Crippen molar-refractivity contribution in [1.29, 1.82) is 0 Å². The lowest BCUT2D eigenvalue weighted by Gasteiger charge is -2.16. The maximum atomic E-state index is 11.9. The smallest absolute Gasteiger partial charge is 0.330 e. The molecule has 2 aromatic rings. The fraction of sp³-hybridized carbons (Fsp3) is 0.375. The van der Waals surface area contributed by atoms with Crippen LogP contribution in [0.1, 0.15) is 34.4 Å². The first-order valence-electron chi connectivity index (χ1n) is 7.33. The van der Waals surface area contributed by atoms with Gasteiger partial charge in [-0.1, -0.05) is 23.4 Å². The first-order valence-corrected chi connectivity index (χ1v) is 7.33. The molecule has 0 saturated heterocycles. The van der Waals surface area contributed by atoms with Crippen LogP contribution in [0.5, 0.6) is 0 Å². The van der Waals surface area contributed by atoms with Crippen LogP contribution in [0.25, 0.3) is 0 Å². The molecule has 1 unspecified atom stereocenters. The Morgan fingerprint density at radius 3 is 2.62 bits per heavy atom. The zero-order chi connectivity index (χ0) is 17.7. The summed E-state index contributed by atoms with van der Waals surface area (Å²) in [6.45, 7) is 5.15. The van der Waals surface area contributed by atoms with E-state index in [9.17, 15) is 14.7 Å². The minimum atomic E-state index is -1.14. The molecule has 0 aliphatic rings. The molecule has 128 valence electrons. The number of aromatic nitrogens is 2. The molecule has 1 heterocycles. The quantitative estimate of drug-likeness (QED) is 0.788. The molecule has 1 atom stereocenters. The number of hydrogen-bond acceptors (Lipinski definition) is 6. The number of hydrogen-bond donors (Lipinski definition) is 2. The average Bonchev–Trinajstić information content (AvgIpc) is 2.93. The lowest BCUT2D eigenvalue weighted by molar-refractivity contribution is -0.142. The van der Waals surface area contributed by atoms with Crippen molar-refractivity contribution in [2.45, 2.75) is 33.4 Å². The molecule has 0 fully saturated rings. The van der Waals surface area contributed by atoms with E-state index in [0.29, 0.717) is 11.4 Å². The van der Waals surface area contributed by atoms with Gasteiger partial charge in [0.2, 0.25) is 5.91 Å². The standard InChI is InChI=1S/C16H19N3O5/c1-9-4-5-12(6-10(9)2)15(16(21)22)18-13(20)7-23-8-14-17-11(3)19-24-14/h4-6,15H,7-8H2,1-3H3,(H,18,20)(H,21,22). The second kappa shape index (κ2) is 7.69. The number of carbonyl (C=O) groups excluding carboxylic acids is 1. The Hall–Kier alpha value is -2.74. The molecule has 0 bridgehead atoms. The summed E-state index contributed by atoms with van der Waals surface area (Å²) in [6.07, 6.45) is 0. The highest BCUT2D eigenvalue weighted by molar-refractivity contribution is 5.85. The predicted molar refractivity (Wildman–Crippen MR) is 83.1 cm³/mol. The van der Waals surface area contributed by atoms with E-state index in [1.165, 1.54) is 0 Å². The monoisotopic (exact) mass is 333 g/mol. The molecule has 1 aromatic heterocycles. The molecule has 0 saturated carbocycles. The van der Waals surface area contributed by atoms with Gasteiger partial charge in [-0.2, -0.15) is 4.98 Å². The van der Waals surface area contributed by atoms with Gasteiger partial charge in [0.15, 0.2) is 11.9 Å². The van der Waals surface area contributed by atoms with Crippen molar-refractivity contribution < 1.29 is 24.0 Å². The molecule has 0 spiro atoms. The van der Waals surface area contributed by atoms with Crippen LogP contribution < -0.4 is 5.32 Å². The molecule has 2 rings (SSSR count). The Labute approximate surface area is 138 Å². The Bertz CT molecular complexity index is 741. The van der Waals surface area contributed by atoms with Crippen molar-refractivity contribution in [3.8, 4) is 0 Å². The molecule has 1 amide bonds. The first-order chi connectivity index (χ1) is 11.4. The summed E-state index contributed by atoms with van der Waals surface area (Å²) in [5.74, 6) is -0.959. The summed E-state index contributed by atoms with van der Waals surface area (Å²) >= 11 is 0. The number of carbonyl (C=O) groups is 2. The molecule has 8 heteroatoms. The highest BCUT2D eigenvalue weighted by atomic mass is 16.5. The maximum Gasteiger partial charge on any atom is 0.330 e. The summed E-state index contributed by atoms with van der Waals surface area (Å²) in [6, 6.07) is 4.12. The van der Waals surface area contributed by atoms with Crippen molar-refractivity contribution in [2.75, 3.05) is 6.61 Å². The lowest BCUT2D eigenvalue weighted by Crippen LogP contribution is -2.36. The molecule has 1 aromatic carbocycles. The van der Waals surface area contributed by atoms with Crippen molar-refractivity contribution in [2.24, 2.45) is 0 Å². The number of nitrogens with one attached hydrogen (secondary N) is 1. The van der Waals surface area contributed by atoms with Crippen LogP contribution in [0.3, 0.4) is 0 Å². The normalized spacial score (nSPS) is 12.0. The van der Waals surface area contributed by atoms with Gasteiger partial charge in [0.1, 0.15) is 13.2 Å². The van der Waals surface area contributed by atoms with Gasteiger partial charge in [-0.05, 0) is 37.5 Å². The highest BCUT2D eigenvalue weighted by Gasteiger charge is 2.22. The topological polar surface area (TPSA) is 115 Å². The minimum Gasteiger partial charge on any atom is -0.479 e. The summed E-state index contributed by atoms with van der Waals surface area (Å²) in [5, 5.41) is 15.4. The number of nitrogens with zero attached hydrogens (tertiary/aromatic N) is 2. The van der Waals surface area contributed by atoms with Gasteiger partial charge in [0.05, 0.1) is 0 Å². The predicted octanol–water partition coefficient (Wildman–Crippen LogP) is 1.45. The third kappa shape index (κ3) is 4.63. The summed E-state index contributed by atoms with van der Waals surface area (Å²) in [4.78, 5) is 27.3. The van der Waals surface area contributed by atoms with E-state index in [0.717, 1.165) is 11.1 Å². The summed E-state index contributed by atoms with van der Waals surface area (Å²) in [5.41, 5.74) is 2.51. The molecule has 0 aliphatic heterocycles. The van der Waals surface area contributed by atoms with Gasteiger partial charge in [-0.15, -0.1) is 0 Å². The number of aryl methyl sites for hydroxylation is 3. The molecule has 24 heavy (non-hydrogen) atoms. The van der Waals surface area contributed by atoms with E-state index in [4.69, 9.17) is 9.26 Å². The fourth-order valence-electron chi connectivity index (χ4n) is 2.06. The number of benzene rings is 1. The van der Waals surface area contributed by atoms with Gasteiger partial charge in [0, 0.05) is 0 Å². The molecule has 0 aliphatic carbocycles. The van der Waals surface area contributed by atoms with Crippen molar-refractivity contribution in [3.05, 3.63) is 46.6 Å². The second-order valence-corrected chi connectivity index (χ2v) is 5.41. The molecular weight excluding hydrogens is 314 g/mol. The maximum absolute atomic E-state index is 11.9. The van der Waals surface area contributed by atoms with E-state index in [1.807, 2.05) is 19.9 Å². The molecular formula is C16H19N3O5. The average molecular weight is 333 g/mol. The summed E-state index contributed by atoms with van der Waals surface area (Å²) in [7, 11) is 0. The Balaban J connectivity index is 1.93. The largest absolute Gasteiger partial charge is 0.479 e. The number of aliphatic carboxylic acids is 1. The van der Waals surface area contributed by atoms with E-state index < -0.39 is 17.9 Å². The van der Waals surface area contributed by atoms with Crippen molar-refractivity contribution in [1.82, 2.24) is 15.5 Å². The lowest BCUT2D eigenvalue weighted by atomic mass is 10.0. The Morgan fingerprint density at radius 1 is 1.29 bits per heavy atom. The number of ether oxygens (including phenoxy) is 1. The van der Waals surface area contributed by atoms with E-state index >= 15 is 0 Å². The third-order valence-corrected chi connectivity index (χ3v) is 3.44. The van der Waals surface area contributed by atoms with Gasteiger partial charge >= 0.3 is 5.97 Å². The van der Waals surface area contributed by atoms with Crippen molar-refractivity contribution >= 4 is 11.9 Å². The number of amides is 1. The van der Waals surface area contributed by atoms with Crippen LogP contribution in [0, 0.1) is 20.8 Å². The fourth-order valence-corrected chi connectivity index (χ4v) is 2.06. The van der Waals surface area contributed by atoms with Crippen LogP contribution in [0.2, 0.25) is 0 Å². The zero-order valence-corrected chi connectivity index (χ0v) is 13.7. The number of rotatable bonds is 7. The Morgan fingerprint density at radius 2 is 2.04 bits per heavy atom. The highest BCUT2D eigenvalue weighted by Crippen LogP contribution is 2.17. The molecule has 2 N–H and O–H groups in total. The van der Waals surface area contributed by atoms with Crippen LogP contribution in [-0.2, 0) is 20.9 Å². The second-order valence-electron chi connectivity index (χ2n) is 5.41. The number of carboxylic acid groups (broad SMARTS) is 1. The van der Waals surface area contributed by atoms with Crippen LogP contribution in [0.4, 0.5) is 0 Å². The van der Waals surface area contributed by atoms with E-state index in [1.54, 1.807) is 19.1 Å². The third-order valence-electron chi connectivity index (χ3n) is 3.44. The van der Waals surface area contributed by atoms with Crippen LogP contribution in [-0.4, -0.2) is 33.7 Å². The van der Waals surface area contributed by atoms with Gasteiger partial charge in [0.25, 0.3) is 5.89 Å².